The molecule has 0 aromatic heterocycles. The van der Waals surface area contributed by atoms with Crippen LogP contribution in [0.15, 0.2) is 36.4 Å². The van der Waals surface area contributed by atoms with Crippen molar-refractivity contribution in [3.05, 3.63) is 58.4 Å². The van der Waals surface area contributed by atoms with E-state index in [1.54, 1.807) is 18.2 Å². The molecule has 0 aliphatic carbocycles. The molecule has 19 heavy (non-hydrogen) atoms. The van der Waals surface area contributed by atoms with Gasteiger partial charge >= 0.3 is 0 Å². The van der Waals surface area contributed by atoms with Crippen LogP contribution in [0.4, 0.5) is 10.1 Å². The third kappa shape index (κ3) is 3.15. The second-order valence-electron chi connectivity index (χ2n) is 3.89. The number of nitrogens with two attached hydrogens (primary N) is 1. The van der Waals surface area contributed by atoms with Gasteiger partial charge in [0.25, 0.3) is 0 Å². The number of benzene rings is 2. The van der Waals surface area contributed by atoms with Crippen molar-refractivity contribution in [2.45, 2.75) is 6.61 Å². The maximum Gasteiger partial charge on any atom is 0.142 e. The van der Waals surface area contributed by atoms with E-state index < -0.39 is 5.82 Å². The number of nitrogens with zero attached hydrogens (tertiary/aromatic N) is 1. The summed E-state index contributed by atoms with van der Waals surface area (Å²) in [5.41, 5.74) is 7.06. The highest BCUT2D eigenvalue weighted by Crippen LogP contribution is 2.25. The fourth-order valence-electron chi connectivity index (χ4n) is 1.54. The van der Waals surface area contributed by atoms with Gasteiger partial charge in [0.15, 0.2) is 0 Å². The fourth-order valence-corrected chi connectivity index (χ4v) is 1.78. The average molecular weight is 277 g/mol. The Labute approximate surface area is 115 Å². The van der Waals surface area contributed by atoms with E-state index in [0.29, 0.717) is 16.3 Å². The van der Waals surface area contributed by atoms with Gasteiger partial charge in [-0.3, -0.25) is 0 Å². The Balaban J connectivity index is 2.13. The maximum absolute atomic E-state index is 12.9. The minimum atomic E-state index is -0.416. The first kappa shape index (κ1) is 13.2. The Bertz CT molecular complexity index is 652. The van der Waals surface area contributed by atoms with Crippen molar-refractivity contribution in [1.82, 2.24) is 0 Å². The molecule has 5 heteroatoms. The maximum atomic E-state index is 12.9. The molecular weight excluding hydrogens is 267 g/mol. The van der Waals surface area contributed by atoms with Gasteiger partial charge in [0.05, 0.1) is 17.3 Å². The van der Waals surface area contributed by atoms with Crippen molar-refractivity contribution >= 4 is 17.3 Å². The molecule has 3 nitrogen and oxygen atoms in total. The van der Waals surface area contributed by atoms with E-state index in [1.807, 2.05) is 6.07 Å². The second kappa shape index (κ2) is 5.59. The van der Waals surface area contributed by atoms with Crippen molar-refractivity contribution in [3.8, 4) is 11.8 Å². The lowest BCUT2D eigenvalue weighted by atomic mass is 10.1. The smallest absolute Gasteiger partial charge is 0.142 e. The molecule has 0 atom stereocenters. The monoisotopic (exact) mass is 276 g/mol. The van der Waals surface area contributed by atoms with Crippen molar-refractivity contribution in [2.24, 2.45) is 0 Å². The van der Waals surface area contributed by atoms with E-state index in [0.717, 1.165) is 5.56 Å². The normalized spacial score (nSPS) is 9.95. The molecule has 96 valence electrons. The lowest BCUT2D eigenvalue weighted by molar-refractivity contribution is 0.307. The molecule has 2 N–H and O–H groups in total. The van der Waals surface area contributed by atoms with Crippen LogP contribution in [-0.2, 0) is 6.61 Å². The molecule has 0 radical (unpaired) electrons. The van der Waals surface area contributed by atoms with Crippen LogP contribution >= 0.6 is 11.6 Å². The number of nitrogen functional groups attached to an aromatic ring is 1. The van der Waals surface area contributed by atoms with Crippen LogP contribution in [0.2, 0.25) is 5.02 Å². The lowest BCUT2D eigenvalue weighted by Gasteiger charge is -2.10. The summed E-state index contributed by atoms with van der Waals surface area (Å²) in [5, 5.41) is 9.18. The van der Waals surface area contributed by atoms with Gasteiger partial charge in [-0.2, -0.15) is 5.26 Å². The van der Waals surface area contributed by atoms with E-state index in [1.165, 1.54) is 18.2 Å². The van der Waals surface area contributed by atoms with Gasteiger partial charge in [-0.05, 0) is 24.3 Å². The quantitative estimate of drug-likeness (QED) is 0.873. The van der Waals surface area contributed by atoms with Crippen LogP contribution in [0, 0.1) is 17.1 Å². The standard InChI is InChI=1S/C14H10ClFN2O/c15-12-5-9(7-17)1-2-10(12)8-19-14-4-3-11(16)6-13(14)18/h1-6H,8,18H2. The predicted octanol–water partition coefficient (Wildman–Crippen LogP) is 3.51. The first-order chi connectivity index (χ1) is 9.10. The summed E-state index contributed by atoms with van der Waals surface area (Å²) in [6.07, 6.45) is 0. The van der Waals surface area contributed by atoms with Crippen molar-refractivity contribution in [2.75, 3.05) is 5.73 Å². The van der Waals surface area contributed by atoms with Crippen LogP contribution in [-0.4, -0.2) is 0 Å². The van der Waals surface area contributed by atoms with Crippen molar-refractivity contribution < 1.29 is 9.13 Å². The highest BCUT2D eigenvalue weighted by atomic mass is 35.5. The Hall–Kier alpha value is -2.25. The number of hydrogen-bond donors (Lipinski definition) is 1. The van der Waals surface area contributed by atoms with Crippen molar-refractivity contribution in [3.63, 3.8) is 0 Å². The van der Waals surface area contributed by atoms with Gasteiger partial charge in [0, 0.05) is 16.7 Å². The molecule has 0 spiro atoms. The molecule has 0 aliphatic heterocycles. The average Bonchev–Trinajstić information content (AvgIpc) is 2.39. The van der Waals surface area contributed by atoms with Gasteiger partial charge in [0.1, 0.15) is 18.2 Å². The molecule has 0 heterocycles. The molecule has 2 aromatic carbocycles. The molecule has 0 amide bonds. The Morgan fingerprint density at radius 1 is 1.26 bits per heavy atom. The van der Waals surface area contributed by atoms with Crippen molar-refractivity contribution in [1.29, 1.82) is 5.26 Å². The predicted molar refractivity (Wildman–Crippen MR) is 71.3 cm³/mol. The van der Waals surface area contributed by atoms with Crippen LogP contribution in [0.1, 0.15) is 11.1 Å². The Morgan fingerprint density at radius 2 is 2.05 bits per heavy atom. The number of ether oxygens (including phenoxy) is 1. The summed E-state index contributed by atoms with van der Waals surface area (Å²) in [6.45, 7) is 0.195. The number of hydrogen-bond acceptors (Lipinski definition) is 3. The van der Waals surface area contributed by atoms with Gasteiger partial charge in [0.2, 0.25) is 0 Å². The third-order valence-electron chi connectivity index (χ3n) is 2.54. The third-order valence-corrected chi connectivity index (χ3v) is 2.89. The molecule has 2 aromatic rings. The first-order valence-electron chi connectivity index (χ1n) is 5.46. The van der Waals surface area contributed by atoms with Gasteiger partial charge in [-0.25, -0.2) is 4.39 Å². The summed E-state index contributed by atoms with van der Waals surface area (Å²) in [6, 6.07) is 10.8. The van der Waals surface area contributed by atoms with Crippen LogP contribution < -0.4 is 10.5 Å². The molecule has 0 fully saturated rings. The largest absolute Gasteiger partial charge is 0.487 e. The first-order valence-corrected chi connectivity index (χ1v) is 5.84. The van der Waals surface area contributed by atoms with E-state index >= 15 is 0 Å². The second-order valence-corrected chi connectivity index (χ2v) is 4.30. The number of anilines is 1. The molecular formula is C14H10ClFN2O. The molecule has 0 saturated carbocycles. The van der Waals surface area contributed by atoms with Gasteiger partial charge in [-0.15, -0.1) is 0 Å². The molecule has 0 saturated heterocycles. The van der Waals surface area contributed by atoms with Gasteiger partial charge < -0.3 is 10.5 Å². The van der Waals surface area contributed by atoms with E-state index in [2.05, 4.69) is 0 Å². The number of halogens is 2. The Kier molecular flexibility index (Phi) is 3.88. The van der Waals surface area contributed by atoms with E-state index in [9.17, 15) is 4.39 Å². The summed E-state index contributed by atoms with van der Waals surface area (Å²) in [5.74, 6) is -0.0249. The zero-order chi connectivity index (χ0) is 13.8. The summed E-state index contributed by atoms with van der Waals surface area (Å²) in [7, 11) is 0. The fraction of sp³-hybridized carbons (Fsp3) is 0.0714. The minimum absolute atomic E-state index is 0.195. The summed E-state index contributed by atoms with van der Waals surface area (Å²) < 4.78 is 18.3. The van der Waals surface area contributed by atoms with Gasteiger partial charge in [-0.1, -0.05) is 17.7 Å². The zero-order valence-corrected chi connectivity index (χ0v) is 10.6. The summed E-state index contributed by atoms with van der Waals surface area (Å²) in [4.78, 5) is 0. The molecule has 0 unspecified atom stereocenters. The van der Waals surface area contributed by atoms with Crippen LogP contribution in [0.25, 0.3) is 0 Å². The topological polar surface area (TPSA) is 59.0 Å². The summed E-state index contributed by atoms with van der Waals surface area (Å²) >= 11 is 6.02. The van der Waals surface area contributed by atoms with Crippen LogP contribution in [0.5, 0.6) is 5.75 Å². The highest BCUT2D eigenvalue weighted by Gasteiger charge is 2.05. The lowest BCUT2D eigenvalue weighted by Crippen LogP contribution is -2.00. The Morgan fingerprint density at radius 3 is 2.68 bits per heavy atom. The van der Waals surface area contributed by atoms with E-state index in [-0.39, 0.29) is 12.3 Å². The zero-order valence-electron chi connectivity index (χ0n) is 9.86. The molecule has 0 bridgehead atoms. The number of rotatable bonds is 3. The SMILES string of the molecule is N#Cc1ccc(COc2ccc(F)cc2N)c(Cl)c1. The highest BCUT2D eigenvalue weighted by molar-refractivity contribution is 6.31. The molecule has 2 rings (SSSR count). The number of nitriles is 1. The van der Waals surface area contributed by atoms with E-state index in [4.69, 9.17) is 27.3 Å². The van der Waals surface area contributed by atoms with Crippen LogP contribution in [0.3, 0.4) is 0 Å². The molecule has 0 aliphatic rings. The minimum Gasteiger partial charge on any atom is -0.487 e.